The van der Waals surface area contributed by atoms with E-state index in [0.717, 1.165) is 12.0 Å². The molecule has 0 bridgehead atoms. The van der Waals surface area contributed by atoms with Gasteiger partial charge in [-0.2, -0.15) is 0 Å². The molecule has 0 atom stereocenters. The lowest BCUT2D eigenvalue weighted by atomic mass is 10.0. The van der Waals surface area contributed by atoms with Gasteiger partial charge in [-0.15, -0.1) is 10.2 Å². The van der Waals surface area contributed by atoms with E-state index in [9.17, 15) is 4.79 Å². The first kappa shape index (κ1) is 17.4. The smallest absolute Gasteiger partial charge is 0.277 e. The molecule has 0 aliphatic heterocycles. The lowest BCUT2D eigenvalue weighted by Gasteiger charge is -2.05. The van der Waals surface area contributed by atoms with E-state index < -0.39 is 0 Å². The fraction of sp³-hybridized carbons (Fsp3) is 0.263. The van der Waals surface area contributed by atoms with E-state index in [4.69, 9.17) is 4.42 Å². The summed E-state index contributed by atoms with van der Waals surface area (Å²) in [5, 5.41) is 8.36. The molecule has 0 spiro atoms. The number of Topliss-reactive ketones (excluding diaryl/α,β-unsaturated/α-hetero) is 1. The minimum Gasteiger partial charge on any atom is -0.411 e. The first-order valence-electron chi connectivity index (χ1n) is 8.10. The van der Waals surface area contributed by atoms with Gasteiger partial charge < -0.3 is 4.42 Å². The van der Waals surface area contributed by atoms with Crippen LogP contribution in [0.2, 0.25) is 0 Å². The Morgan fingerprint density at radius 2 is 1.80 bits per heavy atom. The normalized spacial score (nSPS) is 11.0. The largest absolute Gasteiger partial charge is 0.411 e. The van der Waals surface area contributed by atoms with Crippen LogP contribution in [-0.2, 0) is 6.42 Å². The molecule has 5 nitrogen and oxygen atoms in total. The molecule has 2 heterocycles. The Morgan fingerprint density at radius 3 is 2.48 bits per heavy atom. The maximum atomic E-state index is 12.3. The molecular weight excluding hydrogens is 334 g/mol. The maximum absolute atomic E-state index is 12.3. The molecule has 3 rings (SSSR count). The highest BCUT2D eigenvalue weighted by atomic mass is 32.2. The summed E-state index contributed by atoms with van der Waals surface area (Å²) in [6.07, 6.45) is 4.35. The lowest BCUT2D eigenvalue weighted by Crippen LogP contribution is -2.03. The Balaban J connectivity index is 1.58. The molecule has 0 radical (unpaired) electrons. The third-order valence-electron chi connectivity index (χ3n) is 3.58. The number of rotatable bonds is 7. The van der Waals surface area contributed by atoms with Gasteiger partial charge in [-0.25, -0.2) is 0 Å². The van der Waals surface area contributed by atoms with Crippen molar-refractivity contribution in [3.63, 3.8) is 0 Å². The summed E-state index contributed by atoms with van der Waals surface area (Å²) in [6, 6.07) is 11.4. The van der Waals surface area contributed by atoms with Crippen LogP contribution in [0.4, 0.5) is 0 Å². The third kappa shape index (κ3) is 4.76. The number of ketones is 1. The van der Waals surface area contributed by atoms with Crippen LogP contribution in [0.3, 0.4) is 0 Å². The van der Waals surface area contributed by atoms with Gasteiger partial charge in [0.25, 0.3) is 5.22 Å². The van der Waals surface area contributed by atoms with Crippen molar-refractivity contribution in [2.45, 2.75) is 25.5 Å². The molecule has 6 heteroatoms. The van der Waals surface area contributed by atoms with Crippen molar-refractivity contribution in [1.82, 2.24) is 15.2 Å². The Kier molecular flexibility index (Phi) is 5.60. The van der Waals surface area contributed by atoms with Crippen LogP contribution in [-0.4, -0.2) is 26.7 Å². The number of nitrogens with zero attached hydrogens (tertiary/aromatic N) is 3. The van der Waals surface area contributed by atoms with Crippen molar-refractivity contribution >= 4 is 17.5 Å². The molecule has 0 N–H and O–H groups in total. The average Bonchev–Trinajstić information content (AvgIpc) is 3.10. The molecule has 0 amide bonds. The number of hydrogen-bond acceptors (Lipinski definition) is 6. The van der Waals surface area contributed by atoms with Crippen molar-refractivity contribution < 1.29 is 9.21 Å². The summed E-state index contributed by atoms with van der Waals surface area (Å²) >= 11 is 1.25. The molecule has 3 aromatic rings. The van der Waals surface area contributed by atoms with Gasteiger partial charge in [0.1, 0.15) is 0 Å². The van der Waals surface area contributed by atoms with E-state index in [1.807, 2.05) is 24.3 Å². The Bertz CT molecular complexity index is 829. The van der Waals surface area contributed by atoms with Crippen molar-refractivity contribution in [3.05, 3.63) is 59.9 Å². The van der Waals surface area contributed by atoms with Gasteiger partial charge in [0.05, 0.1) is 5.75 Å². The molecule has 0 aliphatic carbocycles. The first-order chi connectivity index (χ1) is 12.1. The molecule has 25 heavy (non-hydrogen) atoms. The molecule has 128 valence electrons. The fourth-order valence-electron chi connectivity index (χ4n) is 2.39. The Labute approximate surface area is 150 Å². The zero-order valence-electron chi connectivity index (χ0n) is 14.2. The van der Waals surface area contributed by atoms with Crippen LogP contribution in [0.25, 0.3) is 11.5 Å². The number of pyridine rings is 1. The van der Waals surface area contributed by atoms with Gasteiger partial charge in [0.15, 0.2) is 5.78 Å². The highest BCUT2D eigenvalue weighted by Gasteiger charge is 2.12. The number of hydrogen-bond donors (Lipinski definition) is 0. The molecule has 0 saturated heterocycles. The highest BCUT2D eigenvalue weighted by Crippen LogP contribution is 2.23. The van der Waals surface area contributed by atoms with Crippen molar-refractivity contribution in [3.8, 4) is 11.5 Å². The fourth-order valence-corrected chi connectivity index (χ4v) is 3.05. The molecule has 0 aliphatic rings. The summed E-state index contributed by atoms with van der Waals surface area (Å²) in [5.41, 5.74) is 2.76. The zero-order chi connectivity index (χ0) is 17.6. The van der Waals surface area contributed by atoms with Crippen LogP contribution >= 0.6 is 11.8 Å². The zero-order valence-corrected chi connectivity index (χ0v) is 15.0. The summed E-state index contributed by atoms with van der Waals surface area (Å²) < 4.78 is 5.58. The quantitative estimate of drug-likeness (QED) is 0.466. The molecule has 0 unspecified atom stereocenters. The van der Waals surface area contributed by atoms with E-state index in [1.165, 1.54) is 17.3 Å². The van der Waals surface area contributed by atoms with E-state index in [2.05, 4.69) is 29.0 Å². The predicted molar refractivity (Wildman–Crippen MR) is 97.6 cm³/mol. The van der Waals surface area contributed by atoms with Crippen molar-refractivity contribution in [1.29, 1.82) is 0 Å². The van der Waals surface area contributed by atoms with Gasteiger partial charge in [-0.3, -0.25) is 9.78 Å². The average molecular weight is 353 g/mol. The third-order valence-corrected chi connectivity index (χ3v) is 4.40. The Hall–Kier alpha value is -2.47. The number of thioether (sulfide) groups is 1. The second-order valence-electron chi connectivity index (χ2n) is 6.12. The van der Waals surface area contributed by atoms with Crippen LogP contribution < -0.4 is 0 Å². The first-order valence-corrected chi connectivity index (χ1v) is 9.09. The van der Waals surface area contributed by atoms with Gasteiger partial charge >= 0.3 is 0 Å². The molecular formula is C19H19N3O2S. The monoisotopic (exact) mass is 353 g/mol. The van der Waals surface area contributed by atoms with E-state index in [1.54, 1.807) is 24.5 Å². The Morgan fingerprint density at radius 1 is 1.08 bits per heavy atom. The summed E-state index contributed by atoms with van der Waals surface area (Å²) in [4.78, 5) is 16.3. The minimum absolute atomic E-state index is 0.0461. The van der Waals surface area contributed by atoms with Crippen LogP contribution in [0.1, 0.15) is 29.8 Å². The van der Waals surface area contributed by atoms with Crippen molar-refractivity contribution in [2.75, 3.05) is 5.75 Å². The van der Waals surface area contributed by atoms with Crippen LogP contribution in [0.15, 0.2) is 58.4 Å². The van der Waals surface area contributed by atoms with Crippen LogP contribution in [0, 0.1) is 5.92 Å². The number of carbonyl (C=O) groups is 1. The summed E-state index contributed by atoms with van der Waals surface area (Å²) in [5.74, 6) is 1.34. The summed E-state index contributed by atoms with van der Waals surface area (Å²) in [6.45, 7) is 4.36. The molecule has 0 fully saturated rings. The molecule has 1 aromatic carbocycles. The standard InChI is InChI=1S/C19H19N3O2S/c1-13(2)11-14-3-5-15(6-4-14)17(23)12-25-19-22-21-18(24-19)16-7-9-20-10-8-16/h3-10,13H,11-12H2,1-2H3. The van der Waals surface area contributed by atoms with E-state index >= 15 is 0 Å². The SMILES string of the molecule is CC(C)Cc1ccc(C(=O)CSc2nnc(-c3ccncc3)o2)cc1. The molecule has 2 aromatic heterocycles. The van der Waals surface area contributed by atoms with Gasteiger partial charge in [-0.1, -0.05) is 49.9 Å². The lowest BCUT2D eigenvalue weighted by molar-refractivity contribution is 0.102. The summed E-state index contributed by atoms with van der Waals surface area (Å²) in [7, 11) is 0. The number of carbonyl (C=O) groups excluding carboxylic acids is 1. The van der Waals surface area contributed by atoms with Crippen LogP contribution in [0.5, 0.6) is 0 Å². The van der Waals surface area contributed by atoms with E-state index in [-0.39, 0.29) is 11.5 Å². The molecule has 0 saturated carbocycles. The minimum atomic E-state index is 0.0461. The van der Waals surface area contributed by atoms with Crippen molar-refractivity contribution in [2.24, 2.45) is 5.92 Å². The van der Waals surface area contributed by atoms with E-state index in [0.29, 0.717) is 22.6 Å². The second-order valence-corrected chi connectivity index (χ2v) is 7.04. The number of benzene rings is 1. The topological polar surface area (TPSA) is 68.9 Å². The van der Waals surface area contributed by atoms with Gasteiger partial charge in [0.2, 0.25) is 5.89 Å². The second kappa shape index (κ2) is 8.07. The van der Waals surface area contributed by atoms with Gasteiger partial charge in [-0.05, 0) is 30.0 Å². The van der Waals surface area contributed by atoms with Gasteiger partial charge in [0, 0.05) is 23.5 Å². The number of aromatic nitrogens is 3. The maximum Gasteiger partial charge on any atom is 0.277 e. The predicted octanol–water partition coefficient (Wildman–Crippen LogP) is 4.31. The highest BCUT2D eigenvalue weighted by molar-refractivity contribution is 7.99.